The Morgan fingerprint density at radius 1 is 0.373 bits per heavy atom. The van der Waals surface area contributed by atoms with Crippen LogP contribution in [0.3, 0.4) is 0 Å². The Morgan fingerprint density at radius 2 is 0.843 bits per heavy atom. The normalized spacial score (nSPS) is 11.4. The lowest BCUT2D eigenvalue weighted by Gasteiger charge is -2.32. The van der Waals surface area contributed by atoms with Crippen LogP contribution in [0.4, 0.5) is 34.6 Å². The largest absolute Gasteiger partial charge is 0.277 e. The molecule has 0 unspecified atom stereocenters. The molecular formula is C45H34N6. The zero-order valence-corrected chi connectivity index (χ0v) is 28.6. The van der Waals surface area contributed by atoms with Crippen LogP contribution < -0.4 is 9.80 Å². The van der Waals surface area contributed by atoms with E-state index in [1.807, 2.05) is 49.1 Å². The summed E-state index contributed by atoms with van der Waals surface area (Å²) in [5.74, 6) is 3.21. The second-order valence-corrected chi connectivity index (χ2v) is 13.0. The summed E-state index contributed by atoms with van der Waals surface area (Å²) in [5, 5.41) is 8.60. The molecule has 4 heterocycles. The van der Waals surface area contributed by atoms with Crippen molar-refractivity contribution in [2.45, 2.75) is 20.8 Å². The van der Waals surface area contributed by atoms with Gasteiger partial charge in [0.15, 0.2) is 0 Å². The minimum Gasteiger partial charge on any atom is -0.277 e. The van der Waals surface area contributed by atoms with E-state index in [1.54, 1.807) is 0 Å². The number of benzene rings is 5. The standard InChI is InChI=1S/C45H34N6/c1-29-18-19-36-37(26-29)43(51(41-17-9-11-23-47-41)45-35-15-7-5-13-33(35)21-25-49-45)39-28-31(3)30(2)27-38(39)42(36)50(40-16-8-10-22-46-40)44-34-14-6-4-12-32(34)20-24-48-44/h4-28H,1-3H3. The Morgan fingerprint density at radius 3 is 1.35 bits per heavy atom. The SMILES string of the molecule is Cc1ccc2c(N(c3ccccn3)c3nccc4ccccc34)c3cc(C)c(C)cc3c(N(c3ccccn3)c3nccc4ccccc34)c2c1. The lowest BCUT2D eigenvalue weighted by Crippen LogP contribution is -2.17. The molecule has 0 amide bonds. The molecule has 0 radical (unpaired) electrons. The summed E-state index contributed by atoms with van der Waals surface area (Å²) in [7, 11) is 0. The quantitative estimate of drug-likeness (QED) is 0.131. The lowest BCUT2D eigenvalue weighted by molar-refractivity contribution is 1.14. The Bertz CT molecular complexity index is 2730. The van der Waals surface area contributed by atoms with Crippen LogP contribution in [-0.2, 0) is 0 Å². The summed E-state index contributed by atoms with van der Waals surface area (Å²) in [6.07, 6.45) is 7.48. The number of anilines is 6. The summed E-state index contributed by atoms with van der Waals surface area (Å²) >= 11 is 0. The van der Waals surface area contributed by atoms with E-state index < -0.39 is 0 Å². The summed E-state index contributed by atoms with van der Waals surface area (Å²) in [6, 6.07) is 44.4. The molecule has 0 saturated carbocycles. The fourth-order valence-electron chi connectivity index (χ4n) is 7.23. The molecule has 0 aliphatic heterocycles. The van der Waals surface area contributed by atoms with Gasteiger partial charge in [-0.05, 0) is 97.3 Å². The third-order valence-corrected chi connectivity index (χ3v) is 9.76. The Balaban J connectivity index is 1.48. The van der Waals surface area contributed by atoms with Crippen molar-refractivity contribution in [3.05, 3.63) is 169 Å². The first-order chi connectivity index (χ1) is 25.1. The minimum absolute atomic E-state index is 0.785. The molecule has 0 bridgehead atoms. The van der Waals surface area contributed by atoms with Crippen LogP contribution in [0.25, 0.3) is 43.1 Å². The third-order valence-electron chi connectivity index (χ3n) is 9.76. The molecule has 244 valence electrons. The van der Waals surface area contributed by atoms with Crippen molar-refractivity contribution in [2.24, 2.45) is 0 Å². The second-order valence-electron chi connectivity index (χ2n) is 13.0. The molecule has 6 nitrogen and oxygen atoms in total. The first-order valence-electron chi connectivity index (χ1n) is 17.1. The van der Waals surface area contributed by atoms with Gasteiger partial charge in [-0.3, -0.25) is 9.80 Å². The van der Waals surface area contributed by atoms with Gasteiger partial charge in [0.25, 0.3) is 0 Å². The fraction of sp³-hybridized carbons (Fsp3) is 0.0667. The van der Waals surface area contributed by atoms with Crippen molar-refractivity contribution < 1.29 is 0 Å². The monoisotopic (exact) mass is 658 g/mol. The van der Waals surface area contributed by atoms with E-state index in [4.69, 9.17) is 19.9 Å². The molecule has 0 saturated heterocycles. The lowest BCUT2D eigenvalue weighted by atomic mass is 9.92. The maximum Gasteiger partial charge on any atom is 0.146 e. The van der Waals surface area contributed by atoms with Gasteiger partial charge >= 0.3 is 0 Å². The van der Waals surface area contributed by atoms with E-state index in [-0.39, 0.29) is 0 Å². The highest BCUT2D eigenvalue weighted by atomic mass is 15.3. The van der Waals surface area contributed by atoms with Crippen molar-refractivity contribution in [2.75, 3.05) is 9.80 Å². The van der Waals surface area contributed by atoms with Crippen molar-refractivity contribution in [1.82, 2.24) is 19.9 Å². The van der Waals surface area contributed by atoms with Crippen molar-refractivity contribution >= 4 is 77.7 Å². The van der Waals surface area contributed by atoms with Crippen LogP contribution in [0.15, 0.2) is 152 Å². The van der Waals surface area contributed by atoms with Gasteiger partial charge in [0, 0.05) is 57.1 Å². The third kappa shape index (κ3) is 5.11. The molecule has 0 aliphatic rings. The van der Waals surface area contributed by atoms with Gasteiger partial charge in [0.2, 0.25) is 0 Å². The maximum absolute atomic E-state index is 5.08. The summed E-state index contributed by atoms with van der Waals surface area (Å²) in [5.41, 5.74) is 5.57. The van der Waals surface area contributed by atoms with Gasteiger partial charge in [-0.15, -0.1) is 0 Å². The van der Waals surface area contributed by atoms with Crippen molar-refractivity contribution in [3.63, 3.8) is 0 Å². The second kappa shape index (κ2) is 12.3. The predicted molar refractivity (Wildman–Crippen MR) is 211 cm³/mol. The topological polar surface area (TPSA) is 58.0 Å². The van der Waals surface area contributed by atoms with Crippen LogP contribution in [0.1, 0.15) is 16.7 Å². The van der Waals surface area contributed by atoms with E-state index in [9.17, 15) is 0 Å². The minimum atomic E-state index is 0.785. The summed E-state index contributed by atoms with van der Waals surface area (Å²) in [6.45, 7) is 6.52. The molecule has 5 aromatic carbocycles. The zero-order chi connectivity index (χ0) is 34.5. The van der Waals surface area contributed by atoms with Gasteiger partial charge in [0.1, 0.15) is 23.3 Å². The van der Waals surface area contributed by atoms with Gasteiger partial charge in [-0.2, -0.15) is 0 Å². The van der Waals surface area contributed by atoms with E-state index in [1.165, 1.54) is 11.1 Å². The number of nitrogens with zero attached hydrogens (tertiary/aromatic N) is 6. The highest BCUT2D eigenvalue weighted by molar-refractivity contribution is 6.24. The van der Waals surface area contributed by atoms with Gasteiger partial charge in [-0.1, -0.05) is 78.4 Å². The number of hydrogen-bond donors (Lipinski definition) is 0. The number of pyridine rings is 4. The Kier molecular flexibility index (Phi) is 7.36. The smallest absolute Gasteiger partial charge is 0.146 e. The highest BCUT2D eigenvalue weighted by Gasteiger charge is 2.29. The van der Waals surface area contributed by atoms with Crippen LogP contribution in [0, 0.1) is 20.8 Å². The van der Waals surface area contributed by atoms with E-state index >= 15 is 0 Å². The molecule has 0 atom stereocenters. The van der Waals surface area contributed by atoms with E-state index in [2.05, 4.69) is 134 Å². The Hall–Kier alpha value is -6.66. The van der Waals surface area contributed by atoms with E-state index in [0.717, 1.165) is 83.3 Å². The summed E-state index contributed by atoms with van der Waals surface area (Å²) in [4.78, 5) is 24.5. The molecular weight excluding hydrogens is 625 g/mol. The van der Waals surface area contributed by atoms with Gasteiger partial charge < -0.3 is 0 Å². The molecule has 51 heavy (non-hydrogen) atoms. The highest BCUT2D eigenvalue weighted by Crippen LogP contribution is 2.52. The van der Waals surface area contributed by atoms with Gasteiger partial charge in [-0.25, -0.2) is 19.9 Å². The molecule has 0 aliphatic carbocycles. The molecule has 0 spiro atoms. The number of aryl methyl sites for hydroxylation is 3. The average Bonchev–Trinajstić information content (AvgIpc) is 3.17. The first-order valence-corrected chi connectivity index (χ1v) is 17.1. The van der Waals surface area contributed by atoms with Gasteiger partial charge in [0.05, 0.1) is 11.4 Å². The number of fused-ring (bicyclic) bond motifs is 4. The molecule has 0 fully saturated rings. The number of rotatable bonds is 6. The maximum atomic E-state index is 5.08. The van der Waals surface area contributed by atoms with Crippen molar-refractivity contribution in [1.29, 1.82) is 0 Å². The molecule has 6 heteroatoms. The zero-order valence-electron chi connectivity index (χ0n) is 28.6. The van der Waals surface area contributed by atoms with Crippen LogP contribution in [0.2, 0.25) is 0 Å². The molecule has 9 rings (SSSR count). The number of aromatic nitrogens is 4. The molecule has 4 aromatic heterocycles. The van der Waals surface area contributed by atoms with Crippen LogP contribution in [-0.4, -0.2) is 19.9 Å². The molecule has 9 aromatic rings. The average molecular weight is 659 g/mol. The molecule has 0 N–H and O–H groups in total. The fourth-order valence-corrected chi connectivity index (χ4v) is 7.23. The first kappa shape index (κ1) is 30.4. The predicted octanol–water partition coefficient (Wildman–Crippen LogP) is 11.7. The Labute approximate surface area is 296 Å². The van der Waals surface area contributed by atoms with Crippen LogP contribution >= 0.6 is 0 Å². The number of hydrogen-bond acceptors (Lipinski definition) is 6. The van der Waals surface area contributed by atoms with Crippen LogP contribution in [0.5, 0.6) is 0 Å². The van der Waals surface area contributed by atoms with E-state index in [0.29, 0.717) is 0 Å². The van der Waals surface area contributed by atoms with Crippen molar-refractivity contribution in [3.8, 4) is 0 Å². The summed E-state index contributed by atoms with van der Waals surface area (Å²) < 4.78 is 0.